The van der Waals surface area contributed by atoms with Crippen LogP contribution in [0.5, 0.6) is 0 Å². The monoisotopic (exact) mass is 484 g/mol. The van der Waals surface area contributed by atoms with E-state index in [2.05, 4.69) is 96.1 Å². The van der Waals surface area contributed by atoms with Crippen LogP contribution in [0, 0.1) is 0 Å². The lowest BCUT2D eigenvalue weighted by Crippen LogP contribution is -2.53. The molecule has 0 unspecified atom stereocenters. The van der Waals surface area contributed by atoms with Crippen LogP contribution in [0.3, 0.4) is 0 Å². The maximum Gasteiger partial charge on any atom is 0.178 e. The molecule has 0 amide bonds. The van der Waals surface area contributed by atoms with Crippen LogP contribution in [-0.2, 0) is 4.12 Å². The third kappa shape index (κ3) is 11.3. The lowest BCUT2D eigenvalue weighted by atomic mass is 10.2. The van der Waals surface area contributed by atoms with Crippen LogP contribution in [-0.4, -0.2) is 32.8 Å². The molecule has 0 aromatic carbocycles. The van der Waals surface area contributed by atoms with E-state index < -0.39 is 16.6 Å². The summed E-state index contributed by atoms with van der Waals surface area (Å²) >= 11 is 2.26. The number of halogens is 1. The van der Waals surface area contributed by atoms with Crippen LogP contribution in [0.15, 0.2) is 17.9 Å². The Kier molecular flexibility index (Phi) is 12.7. The summed E-state index contributed by atoms with van der Waals surface area (Å²) in [7, 11) is -3.18. The maximum absolute atomic E-state index is 8.36. The second-order valence-corrected chi connectivity index (χ2v) is 20.0. The van der Waals surface area contributed by atoms with Crippen LogP contribution >= 0.6 is 22.6 Å². The molecule has 144 valence electrons. The summed E-state index contributed by atoms with van der Waals surface area (Å²) in [6, 6.07) is 0. The first-order valence-electron chi connectivity index (χ1n) is 8.89. The summed E-state index contributed by atoms with van der Waals surface area (Å²) in [5, 5.41) is 9.01. The summed E-state index contributed by atoms with van der Waals surface area (Å²) in [4.78, 5) is 0. The average Bonchev–Trinajstić information content (AvgIpc) is 2.35. The first-order chi connectivity index (χ1) is 10.6. The summed E-state index contributed by atoms with van der Waals surface area (Å²) in [6.45, 7) is 23.6. The van der Waals surface area contributed by atoms with E-state index in [4.69, 9.17) is 9.22 Å². The van der Waals surface area contributed by atoms with E-state index in [1.807, 2.05) is 12.2 Å². The normalized spacial score (nSPS) is 12.8. The van der Waals surface area contributed by atoms with Gasteiger partial charge in [0.15, 0.2) is 16.6 Å². The zero-order valence-corrected chi connectivity index (χ0v) is 21.9. The van der Waals surface area contributed by atoms with Gasteiger partial charge in [0.05, 0.1) is 0 Å². The Bertz CT molecular complexity index is 375. The van der Waals surface area contributed by atoms with Crippen LogP contribution in [0.25, 0.3) is 0 Å². The molecule has 0 saturated heterocycles. The molecular formula is C19H41IO2Si2. The molecule has 24 heavy (non-hydrogen) atoms. The molecule has 0 rings (SSSR count). The van der Waals surface area contributed by atoms with Gasteiger partial charge in [-0.1, -0.05) is 64.1 Å². The van der Waals surface area contributed by atoms with Crippen LogP contribution < -0.4 is 0 Å². The molecule has 0 radical (unpaired) electrons. The Morgan fingerprint density at radius 3 is 1.62 bits per heavy atom. The van der Waals surface area contributed by atoms with E-state index in [0.717, 1.165) is 17.3 Å². The fraction of sp³-hybridized carbons (Fsp3) is 0.842. The van der Waals surface area contributed by atoms with Crippen molar-refractivity contribution in [2.24, 2.45) is 0 Å². The Balaban J connectivity index is 0. The van der Waals surface area contributed by atoms with Crippen LogP contribution in [0.2, 0.25) is 36.3 Å². The number of rotatable bonds is 6. The molecular weight excluding hydrogens is 443 g/mol. The van der Waals surface area contributed by atoms with E-state index in [1.54, 1.807) is 0 Å². The van der Waals surface area contributed by atoms with Gasteiger partial charge < -0.3 is 9.22 Å². The number of hydrogen-bond donors (Lipinski definition) is 1. The van der Waals surface area contributed by atoms with E-state index in [-0.39, 0.29) is 6.61 Å². The Labute approximate surface area is 167 Å². The molecule has 0 heterocycles. The maximum atomic E-state index is 8.36. The quantitative estimate of drug-likeness (QED) is 0.146. The molecule has 2 nitrogen and oxygen atoms in total. The molecule has 0 aliphatic carbocycles. The molecule has 0 bridgehead atoms. The number of allylic oxidation sites excluding steroid dienone is 1. The molecule has 0 aromatic heterocycles. The first kappa shape index (κ1) is 26.8. The van der Waals surface area contributed by atoms with Gasteiger partial charge in [-0.15, -0.1) is 5.73 Å². The average molecular weight is 485 g/mol. The van der Waals surface area contributed by atoms with Crippen molar-refractivity contribution in [1.82, 2.24) is 0 Å². The third-order valence-electron chi connectivity index (χ3n) is 4.94. The van der Waals surface area contributed by atoms with Crippen molar-refractivity contribution >= 4 is 39.2 Å². The highest BCUT2D eigenvalue weighted by Gasteiger charge is 2.46. The SMILES string of the molecule is CC(C)(C)[Si](C)(C)O[Si](C)(C)C(C)(C)C.OCCCC=C=CCI. The lowest BCUT2D eigenvalue weighted by molar-refractivity contribution is 0.289. The van der Waals surface area contributed by atoms with Gasteiger partial charge in [-0.25, -0.2) is 0 Å². The smallest absolute Gasteiger partial charge is 0.178 e. The Morgan fingerprint density at radius 1 is 0.917 bits per heavy atom. The fourth-order valence-corrected chi connectivity index (χ4v) is 9.16. The molecule has 0 spiro atoms. The van der Waals surface area contributed by atoms with Crippen molar-refractivity contribution in [2.75, 3.05) is 11.0 Å². The highest BCUT2D eigenvalue weighted by Crippen LogP contribution is 2.44. The molecule has 0 fully saturated rings. The lowest BCUT2D eigenvalue weighted by Gasteiger charge is -2.47. The van der Waals surface area contributed by atoms with Crippen LogP contribution in [0.4, 0.5) is 0 Å². The van der Waals surface area contributed by atoms with E-state index >= 15 is 0 Å². The van der Waals surface area contributed by atoms with Crippen LogP contribution in [0.1, 0.15) is 54.4 Å². The number of aliphatic hydroxyl groups excluding tert-OH is 1. The molecule has 0 aromatic rings. The van der Waals surface area contributed by atoms with Gasteiger partial charge in [0.1, 0.15) is 0 Å². The molecule has 5 heteroatoms. The first-order valence-corrected chi connectivity index (χ1v) is 16.2. The standard InChI is InChI=1S/C12H30OSi2.C7H11IO/c1-11(2,3)14(7,8)13-15(9,10)12(4,5)6;8-6-4-2-1-3-5-7-9/h1-10H3;1,4,9H,3,5-7H2. The molecule has 0 saturated carbocycles. The van der Waals surface area contributed by atoms with Gasteiger partial charge in [-0.05, 0) is 61.3 Å². The predicted molar refractivity (Wildman–Crippen MR) is 123 cm³/mol. The second kappa shape index (κ2) is 11.3. The predicted octanol–water partition coefficient (Wildman–Crippen LogP) is 6.92. The zero-order chi connectivity index (χ0) is 19.7. The Hall–Kier alpha value is 0.604. The summed E-state index contributed by atoms with van der Waals surface area (Å²) < 4.78 is 7.64. The van der Waals surface area contributed by atoms with Crippen molar-refractivity contribution < 1.29 is 9.22 Å². The van der Waals surface area contributed by atoms with Gasteiger partial charge in [0.25, 0.3) is 0 Å². The largest absolute Gasteiger partial charge is 0.455 e. The van der Waals surface area contributed by atoms with Gasteiger partial charge in [0, 0.05) is 11.0 Å². The van der Waals surface area contributed by atoms with Gasteiger partial charge >= 0.3 is 0 Å². The second-order valence-electron chi connectivity index (χ2n) is 9.22. The minimum absolute atomic E-state index is 0.280. The molecule has 0 aliphatic rings. The van der Waals surface area contributed by atoms with Crippen molar-refractivity contribution in [3.05, 3.63) is 17.9 Å². The highest BCUT2D eigenvalue weighted by molar-refractivity contribution is 14.1. The number of alkyl halides is 1. The molecule has 0 aliphatic heterocycles. The highest BCUT2D eigenvalue weighted by atomic mass is 127. The topological polar surface area (TPSA) is 29.5 Å². The van der Waals surface area contributed by atoms with Crippen molar-refractivity contribution in [3.63, 3.8) is 0 Å². The summed E-state index contributed by atoms with van der Waals surface area (Å²) in [5.74, 6) is 0. The minimum Gasteiger partial charge on any atom is -0.455 e. The van der Waals surface area contributed by atoms with Gasteiger partial charge in [-0.3, -0.25) is 0 Å². The summed E-state index contributed by atoms with van der Waals surface area (Å²) in [5.41, 5.74) is 3.00. The summed E-state index contributed by atoms with van der Waals surface area (Å²) in [6.07, 6.45) is 5.71. The van der Waals surface area contributed by atoms with Gasteiger partial charge in [-0.2, -0.15) is 0 Å². The van der Waals surface area contributed by atoms with Crippen molar-refractivity contribution in [1.29, 1.82) is 0 Å². The number of hydrogen-bond acceptors (Lipinski definition) is 2. The molecule has 1 N–H and O–H groups in total. The number of aliphatic hydroxyl groups is 1. The zero-order valence-electron chi connectivity index (χ0n) is 17.7. The van der Waals surface area contributed by atoms with Crippen molar-refractivity contribution in [3.8, 4) is 0 Å². The van der Waals surface area contributed by atoms with E-state index in [0.29, 0.717) is 10.1 Å². The Morgan fingerprint density at radius 2 is 1.33 bits per heavy atom. The fourth-order valence-electron chi connectivity index (χ4n) is 1.35. The van der Waals surface area contributed by atoms with Gasteiger partial charge in [0.2, 0.25) is 0 Å². The van der Waals surface area contributed by atoms with E-state index in [1.165, 1.54) is 0 Å². The molecule has 0 atom stereocenters. The van der Waals surface area contributed by atoms with Crippen molar-refractivity contribution in [2.45, 2.75) is 90.6 Å². The van der Waals surface area contributed by atoms with E-state index in [9.17, 15) is 0 Å². The minimum atomic E-state index is -1.59. The number of unbranched alkanes of at least 4 members (excludes halogenated alkanes) is 1. The third-order valence-corrected chi connectivity index (χ3v) is 16.7.